The van der Waals surface area contributed by atoms with Gasteiger partial charge in [0.2, 0.25) is 5.75 Å². The van der Waals surface area contributed by atoms with Crippen LogP contribution < -0.4 is 19.9 Å². The van der Waals surface area contributed by atoms with Gasteiger partial charge in [0, 0.05) is 6.04 Å². The van der Waals surface area contributed by atoms with E-state index in [1.807, 2.05) is 12.1 Å². The van der Waals surface area contributed by atoms with Crippen LogP contribution in [0, 0.1) is 5.92 Å². The minimum absolute atomic E-state index is 0.0944. The van der Waals surface area contributed by atoms with Gasteiger partial charge in [-0.2, -0.15) is 0 Å². The quantitative estimate of drug-likeness (QED) is 0.844. The first-order valence-corrected chi connectivity index (χ1v) is 6.08. The lowest BCUT2D eigenvalue weighted by Gasteiger charge is -2.20. The molecule has 0 radical (unpaired) electrons. The van der Waals surface area contributed by atoms with Gasteiger partial charge in [-0.25, -0.2) is 0 Å². The molecule has 1 aromatic carbocycles. The average molecular weight is 253 g/mol. The van der Waals surface area contributed by atoms with Crippen molar-refractivity contribution in [3.63, 3.8) is 0 Å². The Hall–Kier alpha value is -1.42. The molecule has 0 aliphatic rings. The molecule has 0 saturated carbocycles. The molecule has 0 heterocycles. The normalized spacial score (nSPS) is 12.4. The third-order valence-corrected chi connectivity index (χ3v) is 3.10. The van der Waals surface area contributed by atoms with Gasteiger partial charge in [0.15, 0.2) is 11.5 Å². The van der Waals surface area contributed by atoms with Gasteiger partial charge in [0.1, 0.15) is 0 Å². The van der Waals surface area contributed by atoms with E-state index in [2.05, 4.69) is 13.8 Å². The molecule has 2 N–H and O–H groups in total. The maximum atomic E-state index is 6.11. The number of ether oxygens (including phenoxy) is 3. The topological polar surface area (TPSA) is 53.7 Å². The zero-order valence-corrected chi connectivity index (χ0v) is 11.8. The van der Waals surface area contributed by atoms with E-state index >= 15 is 0 Å². The summed E-state index contributed by atoms with van der Waals surface area (Å²) in [6, 6.07) is 3.95. The second-order valence-electron chi connectivity index (χ2n) is 4.61. The summed E-state index contributed by atoms with van der Waals surface area (Å²) in [4.78, 5) is 0. The summed E-state index contributed by atoms with van der Waals surface area (Å²) < 4.78 is 16.0. The first kappa shape index (κ1) is 14.6. The Morgan fingerprint density at radius 1 is 1.00 bits per heavy atom. The van der Waals surface area contributed by atoms with Gasteiger partial charge in [-0.3, -0.25) is 0 Å². The summed E-state index contributed by atoms with van der Waals surface area (Å²) in [5.41, 5.74) is 7.14. The summed E-state index contributed by atoms with van der Waals surface area (Å²) in [7, 11) is 4.84. The molecule has 4 nitrogen and oxygen atoms in total. The number of benzene rings is 1. The van der Waals surface area contributed by atoms with E-state index in [4.69, 9.17) is 19.9 Å². The Kier molecular flexibility index (Phi) is 5.28. The number of nitrogens with two attached hydrogens (primary N) is 1. The van der Waals surface area contributed by atoms with Crippen LogP contribution in [-0.2, 0) is 6.42 Å². The van der Waals surface area contributed by atoms with Gasteiger partial charge in [0.25, 0.3) is 0 Å². The van der Waals surface area contributed by atoms with Crippen molar-refractivity contribution in [2.24, 2.45) is 11.7 Å². The predicted molar refractivity (Wildman–Crippen MR) is 72.6 cm³/mol. The molecule has 102 valence electrons. The van der Waals surface area contributed by atoms with Crippen LogP contribution >= 0.6 is 0 Å². The number of methoxy groups -OCH3 is 3. The lowest BCUT2D eigenvalue weighted by atomic mass is 9.96. The number of hydrogen-bond donors (Lipinski definition) is 1. The molecule has 18 heavy (non-hydrogen) atoms. The maximum absolute atomic E-state index is 6.11. The molecule has 4 heteroatoms. The van der Waals surface area contributed by atoms with Crippen molar-refractivity contribution >= 4 is 0 Å². The van der Waals surface area contributed by atoms with Crippen molar-refractivity contribution < 1.29 is 14.2 Å². The molecular weight excluding hydrogens is 230 g/mol. The van der Waals surface area contributed by atoms with E-state index in [0.717, 1.165) is 12.0 Å². The highest BCUT2D eigenvalue weighted by atomic mass is 16.5. The fourth-order valence-electron chi connectivity index (χ4n) is 1.81. The van der Waals surface area contributed by atoms with Crippen LogP contribution in [-0.4, -0.2) is 27.4 Å². The van der Waals surface area contributed by atoms with Gasteiger partial charge in [-0.15, -0.1) is 0 Å². The number of rotatable bonds is 6. The van der Waals surface area contributed by atoms with Crippen LogP contribution in [0.25, 0.3) is 0 Å². The van der Waals surface area contributed by atoms with Crippen LogP contribution in [0.3, 0.4) is 0 Å². The molecule has 0 aromatic heterocycles. The minimum Gasteiger partial charge on any atom is -0.493 e. The van der Waals surface area contributed by atoms with Crippen molar-refractivity contribution in [3.05, 3.63) is 17.7 Å². The molecule has 1 atom stereocenters. The zero-order valence-electron chi connectivity index (χ0n) is 11.8. The third kappa shape index (κ3) is 3.07. The molecule has 1 rings (SSSR count). The van der Waals surface area contributed by atoms with Gasteiger partial charge in [0.05, 0.1) is 21.3 Å². The largest absolute Gasteiger partial charge is 0.493 e. The second-order valence-corrected chi connectivity index (χ2v) is 4.61. The summed E-state index contributed by atoms with van der Waals surface area (Å²) in [6.45, 7) is 4.22. The summed E-state index contributed by atoms with van der Waals surface area (Å²) in [5.74, 6) is 2.40. The van der Waals surface area contributed by atoms with E-state index in [9.17, 15) is 0 Å². The molecule has 0 spiro atoms. The monoisotopic (exact) mass is 253 g/mol. The smallest absolute Gasteiger partial charge is 0.203 e. The van der Waals surface area contributed by atoms with Gasteiger partial charge in [-0.05, 0) is 24.0 Å². The molecule has 0 aliphatic carbocycles. The molecule has 0 fully saturated rings. The van der Waals surface area contributed by atoms with Gasteiger partial charge in [-0.1, -0.05) is 19.9 Å². The maximum Gasteiger partial charge on any atom is 0.203 e. The lowest BCUT2D eigenvalue weighted by Crippen LogP contribution is -2.28. The molecule has 1 unspecified atom stereocenters. The van der Waals surface area contributed by atoms with E-state index in [0.29, 0.717) is 23.2 Å². The van der Waals surface area contributed by atoms with Crippen molar-refractivity contribution in [2.75, 3.05) is 21.3 Å². The van der Waals surface area contributed by atoms with Crippen LogP contribution in [0.2, 0.25) is 0 Å². The molecule has 0 amide bonds. The molecular formula is C14H23NO3. The van der Waals surface area contributed by atoms with Crippen LogP contribution in [0.4, 0.5) is 0 Å². The van der Waals surface area contributed by atoms with E-state index in [1.165, 1.54) is 0 Å². The average Bonchev–Trinajstić information content (AvgIpc) is 2.37. The molecule has 1 aromatic rings. The van der Waals surface area contributed by atoms with E-state index in [-0.39, 0.29) is 6.04 Å². The van der Waals surface area contributed by atoms with Gasteiger partial charge < -0.3 is 19.9 Å². The Bertz CT molecular complexity index is 391. The molecule has 0 bridgehead atoms. The first-order valence-electron chi connectivity index (χ1n) is 6.08. The highest BCUT2D eigenvalue weighted by Gasteiger charge is 2.18. The first-order chi connectivity index (χ1) is 8.54. The SMILES string of the molecule is COc1ccc(CC(N)C(C)C)c(OC)c1OC. The minimum atomic E-state index is 0.0944. The summed E-state index contributed by atoms with van der Waals surface area (Å²) in [6.07, 6.45) is 0.751. The van der Waals surface area contributed by atoms with Crippen molar-refractivity contribution in [2.45, 2.75) is 26.3 Å². The Morgan fingerprint density at radius 3 is 2.06 bits per heavy atom. The standard InChI is InChI=1S/C14H23NO3/c1-9(2)11(15)8-10-6-7-12(16-3)14(18-5)13(10)17-4/h6-7,9,11H,8,15H2,1-5H3. The fourth-order valence-corrected chi connectivity index (χ4v) is 1.81. The van der Waals surface area contributed by atoms with Gasteiger partial charge >= 0.3 is 0 Å². The molecule has 0 saturated heterocycles. The highest BCUT2D eigenvalue weighted by molar-refractivity contribution is 5.56. The van der Waals surface area contributed by atoms with Crippen LogP contribution in [0.1, 0.15) is 19.4 Å². The van der Waals surface area contributed by atoms with Crippen molar-refractivity contribution in [1.82, 2.24) is 0 Å². The fraction of sp³-hybridized carbons (Fsp3) is 0.571. The van der Waals surface area contributed by atoms with E-state index in [1.54, 1.807) is 21.3 Å². The second kappa shape index (κ2) is 6.50. The van der Waals surface area contributed by atoms with Crippen LogP contribution in [0.15, 0.2) is 12.1 Å². The Labute approximate surface area is 109 Å². The molecule has 0 aliphatic heterocycles. The Morgan fingerprint density at radius 2 is 1.61 bits per heavy atom. The van der Waals surface area contributed by atoms with E-state index < -0.39 is 0 Å². The predicted octanol–water partition coefficient (Wildman–Crippen LogP) is 2.24. The summed E-state index contributed by atoms with van der Waals surface area (Å²) >= 11 is 0. The summed E-state index contributed by atoms with van der Waals surface area (Å²) in [5, 5.41) is 0. The lowest BCUT2D eigenvalue weighted by molar-refractivity contribution is 0.321. The third-order valence-electron chi connectivity index (χ3n) is 3.10. The van der Waals surface area contributed by atoms with Crippen LogP contribution in [0.5, 0.6) is 17.2 Å². The number of hydrogen-bond acceptors (Lipinski definition) is 4. The highest BCUT2D eigenvalue weighted by Crippen LogP contribution is 2.40. The van der Waals surface area contributed by atoms with Crippen molar-refractivity contribution in [1.29, 1.82) is 0 Å². The van der Waals surface area contributed by atoms with Crippen molar-refractivity contribution in [3.8, 4) is 17.2 Å². The Balaban J connectivity index is 3.12. The zero-order chi connectivity index (χ0) is 13.7.